The molecule has 6 heteroatoms. The zero-order valence-electron chi connectivity index (χ0n) is 12.2. The quantitative estimate of drug-likeness (QED) is 0.767. The average Bonchev–Trinajstić information content (AvgIpc) is 2.54. The molecule has 0 bridgehead atoms. The highest BCUT2D eigenvalue weighted by atomic mass is 35.5. The topological polar surface area (TPSA) is 75.3 Å². The lowest BCUT2D eigenvalue weighted by Crippen LogP contribution is -2.21. The Morgan fingerprint density at radius 1 is 1.22 bits per heavy atom. The Kier molecular flexibility index (Phi) is 4.04. The van der Waals surface area contributed by atoms with E-state index in [-0.39, 0.29) is 11.1 Å². The van der Waals surface area contributed by atoms with Crippen molar-refractivity contribution in [1.29, 1.82) is 5.41 Å². The monoisotopic (exact) mass is 328 g/mol. The van der Waals surface area contributed by atoms with Crippen LogP contribution in [0.1, 0.15) is 10.4 Å². The van der Waals surface area contributed by atoms with E-state index < -0.39 is 5.91 Å². The van der Waals surface area contributed by atoms with Gasteiger partial charge in [-0.2, -0.15) is 0 Å². The number of ether oxygens (including phenoxy) is 1. The summed E-state index contributed by atoms with van der Waals surface area (Å²) >= 11 is 5.95. The summed E-state index contributed by atoms with van der Waals surface area (Å²) in [6.07, 6.45) is 0. The summed E-state index contributed by atoms with van der Waals surface area (Å²) in [6.45, 7) is 0. The van der Waals surface area contributed by atoms with Crippen LogP contribution in [0.4, 0.5) is 5.69 Å². The van der Waals surface area contributed by atoms with E-state index in [9.17, 15) is 4.79 Å². The molecule has 0 aliphatic heterocycles. The van der Waals surface area contributed by atoms with Gasteiger partial charge in [0.15, 0.2) is 0 Å². The minimum atomic E-state index is -0.468. The standard InChI is InChI=1S/C17H13ClN2O3/c1-22-15-7-6-11(18)9-13(15)20-17(21)12-8-10-4-2-3-5-14(10)23-16(12)19/h2-9,19H,1H3,(H,20,21). The fourth-order valence-electron chi connectivity index (χ4n) is 2.21. The number of hydrogen-bond donors (Lipinski definition) is 2. The molecule has 2 aromatic carbocycles. The third-order valence-corrected chi connectivity index (χ3v) is 3.56. The molecule has 1 heterocycles. The van der Waals surface area contributed by atoms with Crippen molar-refractivity contribution in [2.45, 2.75) is 0 Å². The van der Waals surface area contributed by atoms with Gasteiger partial charge in [-0.1, -0.05) is 29.8 Å². The van der Waals surface area contributed by atoms with Gasteiger partial charge in [0.1, 0.15) is 16.9 Å². The SMILES string of the molecule is COc1ccc(Cl)cc1NC(=O)c1cc2ccccc2oc1=N. The largest absolute Gasteiger partial charge is 0.495 e. The van der Waals surface area contributed by atoms with E-state index >= 15 is 0 Å². The minimum absolute atomic E-state index is 0.130. The molecular formula is C17H13ClN2O3. The number of hydrogen-bond acceptors (Lipinski definition) is 4. The van der Waals surface area contributed by atoms with Crippen molar-refractivity contribution < 1.29 is 13.9 Å². The lowest BCUT2D eigenvalue weighted by atomic mass is 10.1. The van der Waals surface area contributed by atoms with Crippen LogP contribution in [0.15, 0.2) is 52.9 Å². The molecule has 0 spiro atoms. The van der Waals surface area contributed by atoms with Gasteiger partial charge in [-0.15, -0.1) is 0 Å². The molecular weight excluding hydrogens is 316 g/mol. The van der Waals surface area contributed by atoms with Gasteiger partial charge in [-0.3, -0.25) is 10.2 Å². The zero-order chi connectivity index (χ0) is 16.4. The third-order valence-electron chi connectivity index (χ3n) is 3.33. The van der Waals surface area contributed by atoms with Crippen molar-refractivity contribution in [3.05, 3.63) is 64.7 Å². The van der Waals surface area contributed by atoms with Crippen LogP contribution in [0.3, 0.4) is 0 Å². The molecule has 0 fully saturated rings. The van der Waals surface area contributed by atoms with E-state index in [0.29, 0.717) is 22.0 Å². The van der Waals surface area contributed by atoms with E-state index in [1.165, 1.54) is 7.11 Å². The minimum Gasteiger partial charge on any atom is -0.495 e. The maximum atomic E-state index is 12.5. The summed E-state index contributed by atoms with van der Waals surface area (Å²) < 4.78 is 10.6. The van der Waals surface area contributed by atoms with Crippen molar-refractivity contribution in [2.24, 2.45) is 0 Å². The van der Waals surface area contributed by atoms with Gasteiger partial charge in [-0.05, 0) is 30.3 Å². The van der Waals surface area contributed by atoms with Crippen molar-refractivity contribution in [2.75, 3.05) is 12.4 Å². The fourth-order valence-corrected chi connectivity index (χ4v) is 2.39. The summed E-state index contributed by atoms with van der Waals surface area (Å²) in [4.78, 5) is 12.5. The Morgan fingerprint density at radius 3 is 2.78 bits per heavy atom. The number of para-hydroxylation sites is 1. The van der Waals surface area contributed by atoms with Crippen LogP contribution in [0, 0.1) is 5.41 Å². The summed E-state index contributed by atoms with van der Waals surface area (Å²) in [5.41, 5.74) is 0.903. The van der Waals surface area contributed by atoms with E-state index in [4.69, 9.17) is 26.2 Å². The molecule has 1 amide bonds. The van der Waals surface area contributed by atoms with Crippen LogP contribution in [-0.2, 0) is 0 Å². The number of nitrogens with one attached hydrogen (secondary N) is 2. The molecule has 0 unspecified atom stereocenters. The van der Waals surface area contributed by atoms with Crippen LogP contribution in [0.2, 0.25) is 5.02 Å². The molecule has 0 atom stereocenters. The molecule has 3 aromatic rings. The molecule has 23 heavy (non-hydrogen) atoms. The van der Waals surface area contributed by atoms with Gasteiger partial charge in [-0.25, -0.2) is 0 Å². The lowest BCUT2D eigenvalue weighted by molar-refractivity contribution is 0.102. The van der Waals surface area contributed by atoms with Gasteiger partial charge in [0.05, 0.1) is 12.8 Å². The van der Waals surface area contributed by atoms with Gasteiger partial charge in [0.25, 0.3) is 5.91 Å². The number of carbonyl (C=O) groups is 1. The predicted octanol–water partition coefficient (Wildman–Crippen LogP) is 3.83. The van der Waals surface area contributed by atoms with Crippen molar-refractivity contribution in [1.82, 2.24) is 0 Å². The van der Waals surface area contributed by atoms with Crippen molar-refractivity contribution >= 4 is 34.2 Å². The van der Waals surface area contributed by atoms with Crippen LogP contribution in [0.25, 0.3) is 11.0 Å². The van der Waals surface area contributed by atoms with Crippen LogP contribution in [0.5, 0.6) is 5.75 Å². The first-order valence-electron chi connectivity index (χ1n) is 6.81. The smallest absolute Gasteiger partial charge is 0.261 e. The second-order valence-corrected chi connectivity index (χ2v) is 5.26. The van der Waals surface area contributed by atoms with Crippen molar-refractivity contribution in [3.63, 3.8) is 0 Å². The highest BCUT2D eigenvalue weighted by Gasteiger charge is 2.14. The number of amides is 1. The second kappa shape index (κ2) is 6.14. The number of carbonyl (C=O) groups excluding carboxylic acids is 1. The number of fused-ring (bicyclic) bond motifs is 1. The molecule has 0 radical (unpaired) electrons. The summed E-state index contributed by atoms with van der Waals surface area (Å²) in [5, 5.41) is 11.8. The number of halogens is 1. The molecule has 3 rings (SSSR count). The highest BCUT2D eigenvalue weighted by Crippen LogP contribution is 2.28. The Bertz CT molecular complexity index is 950. The second-order valence-electron chi connectivity index (χ2n) is 4.83. The Balaban J connectivity index is 2.00. The van der Waals surface area contributed by atoms with Gasteiger partial charge in [0, 0.05) is 10.4 Å². The van der Waals surface area contributed by atoms with Crippen molar-refractivity contribution in [3.8, 4) is 5.75 Å². The molecule has 116 valence electrons. The normalized spacial score (nSPS) is 10.5. The Morgan fingerprint density at radius 2 is 2.00 bits per heavy atom. The first kappa shape index (κ1) is 15.1. The Hall–Kier alpha value is -2.79. The first-order chi connectivity index (χ1) is 11.1. The van der Waals surface area contributed by atoms with Gasteiger partial charge < -0.3 is 14.5 Å². The number of rotatable bonds is 3. The van der Waals surface area contributed by atoms with Gasteiger partial charge in [0.2, 0.25) is 5.55 Å². The first-order valence-corrected chi connectivity index (χ1v) is 7.18. The van der Waals surface area contributed by atoms with Crippen LogP contribution in [-0.4, -0.2) is 13.0 Å². The van der Waals surface area contributed by atoms with E-state index in [2.05, 4.69) is 5.32 Å². The highest BCUT2D eigenvalue weighted by molar-refractivity contribution is 6.31. The third kappa shape index (κ3) is 3.05. The molecule has 1 aromatic heterocycles. The van der Waals surface area contributed by atoms with E-state index in [1.807, 2.05) is 18.2 Å². The number of benzene rings is 2. The molecule has 0 saturated carbocycles. The maximum Gasteiger partial charge on any atom is 0.261 e. The predicted molar refractivity (Wildman–Crippen MR) is 88.0 cm³/mol. The van der Waals surface area contributed by atoms with Crippen LogP contribution < -0.4 is 15.6 Å². The number of anilines is 1. The molecule has 2 N–H and O–H groups in total. The maximum absolute atomic E-state index is 12.5. The molecule has 5 nitrogen and oxygen atoms in total. The zero-order valence-corrected chi connectivity index (χ0v) is 13.0. The number of methoxy groups -OCH3 is 1. The van der Waals surface area contributed by atoms with E-state index in [1.54, 1.807) is 30.3 Å². The average molecular weight is 329 g/mol. The molecule has 0 aliphatic carbocycles. The summed E-state index contributed by atoms with van der Waals surface area (Å²) in [5.74, 6) is 0.0112. The van der Waals surface area contributed by atoms with E-state index in [0.717, 1.165) is 5.39 Å². The molecule has 0 saturated heterocycles. The lowest BCUT2D eigenvalue weighted by Gasteiger charge is -2.10. The fraction of sp³-hybridized carbons (Fsp3) is 0.0588. The summed E-state index contributed by atoms with van der Waals surface area (Å²) in [6, 6.07) is 13.7. The van der Waals surface area contributed by atoms with Crippen LogP contribution >= 0.6 is 11.6 Å². The summed E-state index contributed by atoms with van der Waals surface area (Å²) in [7, 11) is 1.50. The van der Waals surface area contributed by atoms with Gasteiger partial charge >= 0.3 is 0 Å². The Labute approximate surface area is 137 Å². The molecule has 0 aliphatic rings.